The average molecular weight is 398 g/mol. The second-order valence-electron chi connectivity index (χ2n) is 9.20. The van der Waals surface area contributed by atoms with Crippen molar-refractivity contribution in [2.24, 2.45) is 34.5 Å². The van der Waals surface area contributed by atoms with Gasteiger partial charge >= 0.3 is 0 Å². The molecule has 0 radical (unpaired) electrons. The highest BCUT2D eigenvalue weighted by atomic mass is 127. The van der Waals surface area contributed by atoms with Gasteiger partial charge in [-0.1, -0.05) is 55.0 Å². The van der Waals surface area contributed by atoms with E-state index < -0.39 is 0 Å². The molecule has 21 heavy (non-hydrogen) atoms. The smallest absolute Gasteiger partial charge is 0.0166 e. The molecule has 0 bridgehead atoms. The van der Waals surface area contributed by atoms with Crippen LogP contribution in [-0.2, 0) is 0 Å². The fraction of sp³-hybridized carbons (Fsp3) is 0.900. The topological polar surface area (TPSA) is 0 Å². The summed E-state index contributed by atoms with van der Waals surface area (Å²) >= 11 is 2.77. The van der Waals surface area contributed by atoms with Crippen molar-refractivity contribution in [1.29, 1.82) is 0 Å². The number of fused-ring (bicyclic) bond motifs is 5. The van der Waals surface area contributed by atoms with E-state index in [1.54, 1.807) is 0 Å². The summed E-state index contributed by atoms with van der Waals surface area (Å²) < 4.78 is 0.936. The number of rotatable bonds is 0. The molecule has 1 heteroatoms. The summed E-state index contributed by atoms with van der Waals surface area (Å²) in [5.41, 5.74) is 3.08. The van der Waals surface area contributed by atoms with Gasteiger partial charge in [0.2, 0.25) is 0 Å². The van der Waals surface area contributed by atoms with Crippen LogP contribution in [0.4, 0.5) is 0 Å². The molecular weight excluding hydrogens is 367 g/mol. The molecule has 7 atom stereocenters. The SMILES string of the molecule is CC1CCC2(C)C(=CCC3C2CCC2(C)C(I)CCC32)C1. The lowest BCUT2D eigenvalue weighted by Gasteiger charge is -2.57. The summed E-state index contributed by atoms with van der Waals surface area (Å²) in [5.74, 6) is 3.96. The number of allylic oxidation sites excluding steroid dienone is 2. The third-order valence-electron chi connectivity index (χ3n) is 8.23. The number of hydrogen-bond donors (Lipinski definition) is 0. The Bertz CT molecular complexity index is 466. The molecule has 0 aromatic heterocycles. The largest absolute Gasteiger partial charge is 0.0845 e. The van der Waals surface area contributed by atoms with Gasteiger partial charge in [0, 0.05) is 3.92 Å². The van der Waals surface area contributed by atoms with Gasteiger partial charge in [-0.25, -0.2) is 0 Å². The van der Waals surface area contributed by atoms with Crippen LogP contribution in [0.15, 0.2) is 11.6 Å². The molecule has 4 rings (SSSR count). The summed E-state index contributed by atoms with van der Waals surface area (Å²) in [6, 6.07) is 0. The summed E-state index contributed by atoms with van der Waals surface area (Å²) in [6.07, 6.45) is 14.5. The van der Waals surface area contributed by atoms with Crippen molar-refractivity contribution in [1.82, 2.24) is 0 Å². The van der Waals surface area contributed by atoms with Crippen molar-refractivity contribution in [3.63, 3.8) is 0 Å². The maximum Gasteiger partial charge on any atom is 0.0166 e. The van der Waals surface area contributed by atoms with E-state index in [2.05, 4.69) is 49.4 Å². The molecule has 0 saturated heterocycles. The van der Waals surface area contributed by atoms with Gasteiger partial charge in [-0.15, -0.1) is 0 Å². The Kier molecular flexibility index (Phi) is 3.56. The second kappa shape index (κ2) is 4.98. The van der Waals surface area contributed by atoms with E-state index in [0.717, 1.165) is 27.6 Å². The molecule has 0 nitrogen and oxygen atoms in total. The van der Waals surface area contributed by atoms with Crippen LogP contribution in [0.25, 0.3) is 0 Å². The first-order chi connectivity index (χ1) is 9.95. The van der Waals surface area contributed by atoms with Gasteiger partial charge in [0.15, 0.2) is 0 Å². The van der Waals surface area contributed by atoms with Crippen LogP contribution in [0.5, 0.6) is 0 Å². The summed E-state index contributed by atoms with van der Waals surface area (Å²) in [7, 11) is 0. The monoisotopic (exact) mass is 398 g/mol. The third-order valence-corrected chi connectivity index (χ3v) is 10.3. The van der Waals surface area contributed by atoms with Crippen molar-refractivity contribution in [3.05, 3.63) is 11.6 Å². The lowest BCUT2D eigenvalue weighted by Crippen LogP contribution is -2.50. The van der Waals surface area contributed by atoms with Crippen molar-refractivity contribution >= 4 is 22.6 Å². The molecule has 0 aromatic rings. The molecular formula is C20H31I. The molecule has 0 spiro atoms. The first-order valence-corrected chi connectivity index (χ1v) is 10.5. The molecule has 0 aliphatic heterocycles. The van der Waals surface area contributed by atoms with Crippen molar-refractivity contribution < 1.29 is 0 Å². The van der Waals surface area contributed by atoms with E-state index in [1.807, 2.05) is 5.57 Å². The Labute approximate surface area is 144 Å². The highest BCUT2D eigenvalue weighted by molar-refractivity contribution is 14.1. The summed E-state index contributed by atoms with van der Waals surface area (Å²) in [6.45, 7) is 7.73. The van der Waals surface area contributed by atoms with Gasteiger partial charge in [-0.2, -0.15) is 0 Å². The average Bonchev–Trinajstić information content (AvgIpc) is 2.76. The minimum absolute atomic E-state index is 0.570. The predicted octanol–water partition coefficient (Wildman–Crippen LogP) is 6.39. The molecule has 0 aromatic carbocycles. The number of halogens is 1. The minimum atomic E-state index is 0.570. The van der Waals surface area contributed by atoms with Crippen LogP contribution in [0, 0.1) is 34.5 Å². The zero-order valence-corrected chi connectivity index (χ0v) is 16.2. The quantitative estimate of drug-likeness (QED) is 0.252. The van der Waals surface area contributed by atoms with Crippen LogP contribution in [-0.4, -0.2) is 3.92 Å². The van der Waals surface area contributed by atoms with Crippen LogP contribution >= 0.6 is 22.6 Å². The van der Waals surface area contributed by atoms with E-state index in [1.165, 1.54) is 51.4 Å². The molecule has 0 amide bonds. The first kappa shape index (κ1) is 15.0. The van der Waals surface area contributed by atoms with Gasteiger partial charge in [-0.05, 0) is 85.9 Å². The van der Waals surface area contributed by atoms with E-state index in [9.17, 15) is 0 Å². The maximum atomic E-state index is 2.77. The lowest BCUT2D eigenvalue weighted by atomic mass is 9.48. The summed E-state index contributed by atoms with van der Waals surface area (Å²) in [4.78, 5) is 0. The Balaban J connectivity index is 1.68. The van der Waals surface area contributed by atoms with Crippen LogP contribution in [0.3, 0.4) is 0 Å². The van der Waals surface area contributed by atoms with Gasteiger partial charge in [0.05, 0.1) is 0 Å². The van der Waals surface area contributed by atoms with Crippen LogP contribution in [0.2, 0.25) is 0 Å². The molecule has 3 saturated carbocycles. The zero-order chi connectivity index (χ0) is 14.8. The molecule has 0 heterocycles. The fourth-order valence-electron chi connectivity index (χ4n) is 6.78. The maximum absolute atomic E-state index is 2.77. The van der Waals surface area contributed by atoms with Gasteiger partial charge in [0.25, 0.3) is 0 Å². The molecule has 118 valence electrons. The van der Waals surface area contributed by atoms with E-state index >= 15 is 0 Å². The van der Waals surface area contributed by atoms with E-state index in [0.29, 0.717) is 10.8 Å². The Morgan fingerprint density at radius 1 is 1.05 bits per heavy atom. The number of hydrogen-bond acceptors (Lipinski definition) is 0. The van der Waals surface area contributed by atoms with E-state index in [-0.39, 0.29) is 0 Å². The molecule has 3 fully saturated rings. The van der Waals surface area contributed by atoms with Crippen LogP contribution in [0.1, 0.15) is 72.1 Å². The van der Waals surface area contributed by atoms with Gasteiger partial charge in [-0.3, -0.25) is 0 Å². The lowest BCUT2D eigenvalue weighted by molar-refractivity contribution is -0.0253. The molecule has 7 unspecified atom stereocenters. The third kappa shape index (κ3) is 2.04. The van der Waals surface area contributed by atoms with Crippen LogP contribution < -0.4 is 0 Å². The standard InChI is InChI=1S/C20H31I/c1-13-8-10-19(2)14(12-13)4-5-15-16-6-7-18(21)20(16,3)11-9-17(15)19/h4,13,15-18H,5-12H2,1-3H3. The van der Waals surface area contributed by atoms with Gasteiger partial charge in [0.1, 0.15) is 0 Å². The summed E-state index contributed by atoms with van der Waals surface area (Å²) in [5, 5.41) is 0. The van der Waals surface area contributed by atoms with Gasteiger partial charge < -0.3 is 0 Å². The molecule has 0 N–H and O–H groups in total. The normalized spacial score (nSPS) is 56.2. The van der Waals surface area contributed by atoms with Crippen molar-refractivity contribution in [3.8, 4) is 0 Å². The second-order valence-corrected chi connectivity index (χ2v) is 10.7. The fourth-order valence-corrected chi connectivity index (χ4v) is 7.91. The molecule has 4 aliphatic rings. The first-order valence-electron chi connectivity index (χ1n) is 9.29. The molecule has 4 aliphatic carbocycles. The Hall–Kier alpha value is 0.470. The van der Waals surface area contributed by atoms with Crippen molar-refractivity contribution in [2.75, 3.05) is 0 Å². The minimum Gasteiger partial charge on any atom is -0.0845 e. The Morgan fingerprint density at radius 3 is 2.67 bits per heavy atom. The highest BCUT2D eigenvalue weighted by Crippen LogP contribution is 2.66. The number of alkyl halides is 1. The van der Waals surface area contributed by atoms with E-state index in [4.69, 9.17) is 0 Å². The highest BCUT2D eigenvalue weighted by Gasteiger charge is 2.57. The predicted molar refractivity (Wildman–Crippen MR) is 98.7 cm³/mol. The Morgan fingerprint density at radius 2 is 1.86 bits per heavy atom. The van der Waals surface area contributed by atoms with Crippen molar-refractivity contribution in [2.45, 2.75) is 76.1 Å². The zero-order valence-electron chi connectivity index (χ0n) is 14.0.